The highest BCUT2D eigenvalue weighted by molar-refractivity contribution is 5.77. The maximum atomic E-state index is 11.4. The lowest BCUT2D eigenvalue weighted by atomic mass is 10.0. The molecule has 98 valence electrons. The van der Waals surface area contributed by atoms with Gasteiger partial charge in [-0.2, -0.15) is 0 Å². The van der Waals surface area contributed by atoms with Crippen molar-refractivity contribution < 1.29 is 14.7 Å². The molecule has 1 fully saturated rings. The number of carboxylic acid groups (broad SMARTS) is 1. The third kappa shape index (κ3) is 6.26. The molecule has 0 aromatic heterocycles. The lowest BCUT2D eigenvalue weighted by Crippen LogP contribution is -2.34. The zero-order valence-corrected chi connectivity index (χ0v) is 10.4. The maximum absolute atomic E-state index is 11.4. The van der Waals surface area contributed by atoms with E-state index in [0.717, 1.165) is 6.42 Å². The largest absolute Gasteiger partial charge is 0.481 e. The Kier molecular flexibility index (Phi) is 5.97. The van der Waals surface area contributed by atoms with Crippen molar-refractivity contribution in [1.82, 2.24) is 10.6 Å². The van der Waals surface area contributed by atoms with Crippen LogP contribution in [-0.4, -0.2) is 36.1 Å². The van der Waals surface area contributed by atoms with Gasteiger partial charge >= 0.3 is 5.97 Å². The molecule has 1 aliphatic carbocycles. The molecular weight excluding hydrogens is 220 g/mol. The van der Waals surface area contributed by atoms with Crippen LogP contribution in [0.4, 0.5) is 0 Å². The van der Waals surface area contributed by atoms with Crippen molar-refractivity contribution in [1.29, 1.82) is 0 Å². The SMILES string of the molecule is CCCC(CNC(=O)CCNC1CC1)C(=O)O. The highest BCUT2D eigenvalue weighted by Crippen LogP contribution is 2.18. The summed E-state index contributed by atoms with van der Waals surface area (Å²) >= 11 is 0. The van der Waals surface area contributed by atoms with Gasteiger partial charge in [0.1, 0.15) is 0 Å². The smallest absolute Gasteiger partial charge is 0.308 e. The second kappa shape index (κ2) is 7.27. The van der Waals surface area contributed by atoms with Crippen molar-refractivity contribution in [3.8, 4) is 0 Å². The molecule has 1 saturated carbocycles. The molecule has 1 atom stereocenters. The van der Waals surface area contributed by atoms with Gasteiger partial charge < -0.3 is 15.7 Å². The summed E-state index contributed by atoms with van der Waals surface area (Å²) in [5.41, 5.74) is 0. The third-order valence-corrected chi connectivity index (χ3v) is 2.89. The Morgan fingerprint density at radius 1 is 1.41 bits per heavy atom. The van der Waals surface area contributed by atoms with E-state index in [1.54, 1.807) is 0 Å². The molecule has 1 amide bonds. The van der Waals surface area contributed by atoms with Crippen LogP contribution in [0.5, 0.6) is 0 Å². The monoisotopic (exact) mass is 242 g/mol. The molecule has 0 aromatic rings. The first-order chi connectivity index (χ1) is 8.13. The molecule has 0 bridgehead atoms. The van der Waals surface area contributed by atoms with Crippen molar-refractivity contribution >= 4 is 11.9 Å². The number of amides is 1. The first kappa shape index (κ1) is 14.0. The summed E-state index contributed by atoms with van der Waals surface area (Å²) in [6.07, 6.45) is 4.26. The van der Waals surface area contributed by atoms with Crippen LogP contribution in [-0.2, 0) is 9.59 Å². The average molecular weight is 242 g/mol. The van der Waals surface area contributed by atoms with Crippen LogP contribution < -0.4 is 10.6 Å². The Labute approximate surface area is 102 Å². The van der Waals surface area contributed by atoms with Crippen molar-refractivity contribution in [2.75, 3.05) is 13.1 Å². The van der Waals surface area contributed by atoms with Gasteiger partial charge in [-0.15, -0.1) is 0 Å². The summed E-state index contributed by atoms with van der Waals surface area (Å²) in [5.74, 6) is -1.36. The van der Waals surface area contributed by atoms with Crippen LogP contribution in [0.2, 0.25) is 0 Å². The summed E-state index contributed by atoms with van der Waals surface area (Å²) < 4.78 is 0. The van der Waals surface area contributed by atoms with Crippen molar-refractivity contribution in [2.45, 2.75) is 45.1 Å². The Hall–Kier alpha value is -1.10. The third-order valence-electron chi connectivity index (χ3n) is 2.89. The quantitative estimate of drug-likeness (QED) is 0.557. The number of aliphatic carboxylic acids is 1. The minimum atomic E-state index is -0.830. The van der Waals surface area contributed by atoms with E-state index in [0.29, 0.717) is 25.4 Å². The van der Waals surface area contributed by atoms with Crippen molar-refractivity contribution in [2.24, 2.45) is 5.92 Å². The first-order valence-corrected chi connectivity index (χ1v) is 6.36. The van der Waals surface area contributed by atoms with E-state index in [1.165, 1.54) is 12.8 Å². The van der Waals surface area contributed by atoms with Gasteiger partial charge in [-0.05, 0) is 19.3 Å². The van der Waals surface area contributed by atoms with E-state index >= 15 is 0 Å². The van der Waals surface area contributed by atoms with Crippen LogP contribution in [0.15, 0.2) is 0 Å². The minimum Gasteiger partial charge on any atom is -0.481 e. The van der Waals surface area contributed by atoms with Crippen LogP contribution in [0.25, 0.3) is 0 Å². The highest BCUT2D eigenvalue weighted by Gasteiger charge is 2.20. The fourth-order valence-electron chi connectivity index (χ4n) is 1.66. The predicted octanol–water partition coefficient (Wildman–Crippen LogP) is 0.746. The van der Waals surface area contributed by atoms with E-state index in [9.17, 15) is 9.59 Å². The Balaban J connectivity index is 2.08. The van der Waals surface area contributed by atoms with Gasteiger partial charge in [0.15, 0.2) is 0 Å². The highest BCUT2D eigenvalue weighted by atomic mass is 16.4. The van der Waals surface area contributed by atoms with Crippen LogP contribution >= 0.6 is 0 Å². The fraction of sp³-hybridized carbons (Fsp3) is 0.833. The van der Waals surface area contributed by atoms with Gasteiger partial charge in [-0.25, -0.2) is 0 Å². The number of rotatable bonds is 9. The van der Waals surface area contributed by atoms with E-state index in [-0.39, 0.29) is 12.5 Å². The van der Waals surface area contributed by atoms with Gasteiger partial charge in [-0.1, -0.05) is 13.3 Å². The molecule has 5 heteroatoms. The first-order valence-electron chi connectivity index (χ1n) is 6.36. The summed E-state index contributed by atoms with van der Waals surface area (Å²) in [4.78, 5) is 22.3. The summed E-state index contributed by atoms with van der Waals surface area (Å²) in [7, 11) is 0. The normalized spacial score (nSPS) is 16.5. The topological polar surface area (TPSA) is 78.4 Å². The zero-order chi connectivity index (χ0) is 12.7. The van der Waals surface area contributed by atoms with Crippen LogP contribution in [0, 0.1) is 5.92 Å². The number of carbonyl (C=O) groups excluding carboxylic acids is 1. The molecule has 3 N–H and O–H groups in total. The maximum Gasteiger partial charge on any atom is 0.308 e. The molecule has 0 heterocycles. The van der Waals surface area contributed by atoms with Gasteiger partial charge in [-0.3, -0.25) is 9.59 Å². The lowest BCUT2D eigenvalue weighted by molar-refractivity contribution is -0.141. The predicted molar refractivity (Wildman–Crippen MR) is 64.7 cm³/mol. The summed E-state index contributed by atoms with van der Waals surface area (Å²) in [5, 5.41) is 14.8. The van der Waals surface area contributed by atoms with Gasteiger partial charge in [0.25, 0.3) is 0 Å². The van der Waals surface area contributed by atoms with Gasteiger partial charge in [0, 0.05) is 25.6 Å². The molecule has 0 aliphatic heterocycles. The second-order valence-corrected chi connectivity index (χ2v) is 4.61. The number of carboxylic acids is 1. The molecule has 1 aliphatic rings. The van der Waals surface area contributed by atoms with Crippen LogP contribution in [0.1, 0.15) is 39.0 Å². The van der Waals surface area contributed by atoms with Crippen molar-refractivity contribution in [3.63, 3.8) is 0 Å². The molecule has 0 radical (unpaired) electrons. The Morgan fingerprint density at radius 2 is 2.12 bits per heavy atom. The molecular formula is C12H22N2O3. The molecule has 5 nitrogen and oxygen atoms in total. The Bertz CT molecular complexity index is 264. The number of hydrogen-bond donors (Lipinski definition) is 3. The zero-order valence-electron chi connectivity index (χ0n) is 10.4. The molecule has 1 rings (SSSR count). The number of nitrogens with one attached hydrogen (secondary N) is 2. The summed E-state index contributed by atoms with van der Waals surface area (Å²) in [6, 6.07) is 0.606. The van der Waals surface area contributed by atoms with E-state index in [2.05, 4.69) is 10.6 Å². The lowest BCUT2D eigenvalue weighted by Gasteiger charge is -2.12. The van der Waals surface area contributed by atoms with Gasteiger partial charge in [0.2, 0.25) is 5.91 Å². The van der Waals surface area contributed by atoms with E-state index in [4.69, 9.17) is 5.11 Å². The standard InChI is InChI=1S/C12H22N2O3/c1-2-3-9(12(16)17)8-14-11(15)6-7-13-10-4-5-10/h9-10,13H,2-8H2,1H3,(H,14,15)(H,16,17). The molecule has 17 heavy (non-hydrogen) atoms. The average Bonchev–Trinajstić information content (AvgIpc) is 3.07. The van der Waals surface area contributed by atoms with E-state index < -0.39 is 11.9 Å². The fourth-order valence-corrected chi connectivity index (χ4v) is 1.66. The molecule has 0 saturated heterocycles. The minimum absolute atomic E-state index is 0.0690. The summed E-state index contributed by atoms with van der Waals surface area (Å²) in [6.45, 7) is 2.87. The molecule has 0 spiro atoms. The number of carbonyl (C=O) groups is 2. The van der Waals surface area contributed by atoms with Crippen LogP contribution in [0.3, 0.4) is 0 Å². The Morgan fingerprint density at radius 3 is 2.65 bits per heavy atom. The van der Waals surface area contributed by atoms with Gasteiger partial charge in [0.05, 0.1) is 5.92 Å². The molecule has 1 unspecified atom stereocenters. The second-order valence-electron chi connectivity index (χ2n) is 4.61. The molecule has 0 aromatic carbocycles. The van der Waals surface area contributed by atoms with E-state index in [1.807, 2.05) is 6.92 Å². The van der Waals surface area contributed by atoms with Crippen molar-refractivity contribution in [3.05, 3.63) is 0 Å². The number of hydrogen-bond acceptors (Lipinski definition) is 3.